The summed E-state index contributed by atoms with van der Waals surface area (Å²) in [4.78, 5) is 24.0. The average Bonchev–Trinajstić information content (AvgIpc) is 3.06. The molecule has 34 heavy (non-hydrogen) atoms. The molecule has 4 rings (SSSR count). The van der Waals surface area contributed by atoms with E-state index in [1.165, 1.54) is 12.1 Å². The number of thioether (sulfide) groups is 1. The first kappa shape index (κ1) is 24.6. The van der Waals surface area contributed by atoms with E-state index in [4.69, 9.17) is 0 Å². The van der Waals surface area contributed by atoms with Crippen molar-refractivity contribution in [3.63, 3.8) is 0 Å². The highest BCUT2D eigenvalue weighted by molar-refractivity contribution is 8.18. The number of rotatable bonds is 3. The van der Waals surface area contributed by atoms with Crippen molar-refractivity contribution in [2.45, 2.75) is 70.9 Å². The van der Waals surface area contributed by atoms with Crippen molar-refractivity contribution in [3.8, 4) is 11.1 Å². The van der Waals surface area contributed by atoms with Crippen LogP contribution in [0.3, 0.4) is 0 Å². The first-order valence-corrected chi connectivity index (χ1v) is 12.2. The Labute approximate surface area is 202 Å². The zero-order chi connectivity index (χ0) is 25.1. The minimum absolute atomic E-state index is 0.121. The van der Waals surface area contributed by atoms with Crippen LogP contribution in [0.5, 0.6) is 0 Å². The Bertz CT molecular complexity index is 1230. The summed E-state index contributed by atoms with van der Waals surface area (Å²) in [6.45, 7) is 10.1. The first-order chi connectivity index (χ1) is 15.7. The number of aryl methyl sites for hydroxylation is 1. The fourth-order valence-electron chi connectivity index (χ4n) is 4.98. The van der Waals surface area contributed by atoms with Gasteiger partial charge in [-0.05, 0) is 93.4 Å². The van der Waals surface area contributed by atoms with E-state index in [1.807, 2.05) is 26.8 Å². The lowest BCUT2D eigenvalue weighted by Gasteiger charge is -2.42. The fraction of sp³-hybridized carbons (Fsp3) is 0.407. The molecular weight excluding hydrogens is 459 g/mol. The van der Waals surface area contributed by atoms with Crippen molar-refractivity contribution in [2.24, 2.45) is 0 Å². The molecule has 2 amide bonds. The molecule has 1 aliphatic carbocycles. The lowest BCUT2D eigenvalue weighted by atomic mass is 9.62. The van der Waals surface area contributed by atoms with Crippen molar-refractivity contribution >= 4 is 29.0 Å². The topological polar surface area (TPSA) is 46.2 Å². The van der Waals surface area contributed by atoms with Crippen molar-refractivity contribution in [2.75, 3.05) is 0 Å². The molecule has 2 aliphatic rings. The molecule has 1 aliphatic heterocycles. The molecule has 0 aromatic heterocycles. The average molecular weight is 488 g/mol. The number of hydrogen-bond donors (Lipinski definition) is 1. The summed E-state index contributed by atoms with van der Waals surface area (Å²) in [7, 11) is 0. The maximum Gasteiger partial charge on any atom is 0.417 e. The normalized spacial score (nSPS) is 20.4. The van der Waals surface area contributed by atoms with Gasteiger partial charge in [0.2, 0.25) is 0 Å². The van der Waals surface area contributed by atoms with Gasteiger partial charge in [-0.2, -0.15) is 13.2 Å². The quantitative estimate of drug-likeness (QED) is 0.453. The summed E-state index contributed by atoms with van der Waals surface area (Å²) in [5.41, 5.74) is 2.19. The summed E-state index contributed by atoms with van der Waals surface area (Å²) < 4.78 is 43.5. The van der Waals surface area contributed by atoms with Crippen LogP contribution in [0.25, 0.3) is 17.2 Å². The van der Waals surface area contributed by atoms with Gasteiger partial charge in [-0.15, -0.1) is 0 Å². The van der Waals surface area contributed by atoms with Crippen LogP contribution < -0.4 is 5.32 Å². The molecule has 0 radical (unpaired) electrons. The Morgan fingerprint density at radius 3 is 2.18 bits per heavy atom. The highest BCUT2D eigenvalue weighted by atomic mass is 32.2. The van der Waals surface area contributed by atoms with Gasteiger partial charge >= 0.3 is 6.18 Å². The third kappa shape index (κ3) is 4.30. The Hall–Kier alpha value is -2.54. The maximum absolute atomic E-state index is 14.5. The summed E-state index contributed by atoms with van der Waals surface area (Å²) >= 11 is 0.757. The molecule has 3 nitrogen and oxygen atoms in total. The highest BCUT2D eigenvalue weighted by Gasteiger charge is 2.42. The van der Waals surface area contributed by atoms with Gasteiger partial charge in [0, 0.05) is 0 Å². The minimum Gasteiger partial charge on any atom is -0.282 e. The number of alkyl halides is 3. The molecular formula is C27H28F3NO2S. The molecule has 180 valence electrons. The van der Waals surface area contributed by atoms with E-state index in [2.05, 4.69) is 19.2 Å². The number of hydrogen-bond acceptors (Lipinski definition) is 3. The molecule has 7 heteroatoms. The Morgan fingerprint density at radius 1 is 1.03 bits per heavy atom. The number of amides is 2. The maximum atomic E-state index is 14.5. The molecule has 1 heterocycles. The molecule has 0 unspecified atom stereocenters. The van der Waals surface area contributed by atoms with Gasteiger partial charge in [0.1, 0.15) is 0 Å². The monoisotopic (exact) mass is 487 g/mol. The summed E-state index contributed by atoms with van der Waals surface area (Å²) in [5, 5.41) is 1.72. The zero-order valence-corrected chi connectivity index (χ0v) is 20.8. The summed E-state index contributed by atoms with van der Waals surface area (Å²) in [6.07, 6.45) is -0.819. The smallest absolute Gasteiger partial charge is 0.282 e. The fourth-order valence-corrected chi connectivity index (χ4v) is 5.65. The number of carbonyl (C=O) groups is 2. The molecule has 1 saturated heterocycles. The summed E-state index contributed by atoms with van der Waals surface area (Å²) in [6, 6.07) is 8.36. The van der Waals surface area contributed by atoms with Gasteiger partial charge in [0.25, 0.3) is 11.1 Å². The van der Waals surface area contributed by atoms with Crippen LogP contribution in [0.4, 0.5) is 18.0 Å². The Morgan fingerprint density at radius 2 is 1.65 bits per heavy atom. The Balaban J connectivity index is 2.06. The predicted molar refractivity (Wildman–Crippen MR) is 131 cm³/mol. The van der Waals surface area contributed by atoms with Crippen LogP contribution in [0.1, 0.15) is 75.3 Å². The van der Waals surface area contributed by atoms with Crippen LogP contribution >= 0.6 is 11.8 Å². The van der Waals surface area contributed by atoms with E-state index in [-0.39, 0.29) is 21.3 Å². The number of benzene rings is 2. The van der Waals surface area contributed by atoms with Gasteiger partial charge in [-0.3, -0.25) is 14.9 Å². The molecule has 0 spiro atoms. The SMILES string of the molecule is CCc1cccc(/C=C2\SC(=O)NC2=O)c1-c1cc2c(cc1C(F)(F)F)C(C)(C)CCC2(C)C. The first-order valence-electron chi connectivity index (χ1n) is 11.4. The van der Waals surface area contributed by atoms with Crippen molar-refractivity contribution in [1.82, 2.24) is 5.32 Å². The van der Waals surface area contributed by atoms with Crippen LogP contribution in [-0.2, 0) is 28.2 Å². The van der Waals surface area contributed by atoms with Gasteiger partial charge < -0.3 is 0 Å². The van der Waals surface area contributed by atoms with Crippen LogP contribution in [0.2, 0.25) is 0 Å². The lowest BCUT2D eigenvalue weighted by molar-refractivity contribution is -0.137. The second-order valence-electron chi connectivity index (χ2n) is 10.3. The van der Waals surface area contributed by atoms with Crippen molar-refractivity contribution < 1.29 is 22.8 Å². The number of halogens is 3. The van der Waals surface area contributed by atoms with E-state index >= 15 is 0 Å². The minimum atomic E-state index is -4.55. The third-order valence-corrected chi connectivity index (χ3v) is 7.87. The molecule has 0 atom stereocenters. The summed E-state index contributed by atoms with van der Waals surface area (Å²) in [5.74, 6) is -0.535. The number of imide groups is 1. The van der Waals surface area contributed by atoms with Gasteiger partial charge in [0.05, 0.1) is 10.5 Å². The zero-order valence-electron chi connectivity index (χ0n) is 19.9. The van der Waals surface area contributed by atoms with Crippen LogP contribution in [0, 0.1) is 0 Å². The molecule has 0 bridgehead atoms. The van der Waals surface area contributed by atoms with E-state index in [0.717, 1.165) is 41.3 Å². The second-order valence-corrected chi connectivity index (χ2v) is 11.3. The molecule has 2 aromatic rings. The molecule has 2 aromatic carbocycles. The number of nitrogens with one attached hydrogen (secondary N) is 1. The Kier molecular flexibility index (Phi) is 6.00. The second kappa shape index (κ2) is 8.29. The number of carbonyl (C=O) groups excluding carboxylic acids is 2. The standard InChI is InChI=1S/C27H28F3NO2S/c1-6-15-8-7-9-16(12-21-23(32)31-24(33)34-21)22(15)17-13-19-20(14-18(17)27(28,29)30)26(4,5)11-10-25(19,2)3/h7-9,12-14H,6,10-11H2,1-5H3,(H,31,32,33)/b21-12-. The number of fused-ring (bicyclic) bond motifs is 1. The molecule has 1 N–H and O–H groups in total. The van der Waals surface area contributed by atoms with Crippen LogP contribution in [-0.4, -0.2) is 11.1 Å². The van der Waals surface area contributed by atoms with Gasteiger partial charge in [-0.25, -0.2) is 0 Å². The highest BCUT2D eigenvalue weighted by Crippen LogP contribution is 2.51. The lowest BCUT2D eigenvalue weighted by Crippen LogP contribution is -2.34. The van der Waals surface area contributed by atoms with Gasteiger partial charge in [0.15, 0.2) is 0 Å². The van der Waals surface area contributed by atoms with E-state index in [1.54, 1.807) is 18.2 Å². The van der Waals surface area contributed by atoms with Gasteiger partial charge in [-0.1, -0.05) is 52.8 Å². The molecule has 0 saturated carbocycles. The van der Waals surface area contributed by atoms with Crippen LogP contribution in [0.15, 0.2) is 35.2 Å². The van der Waals surface area contributed by atoms with E-state index in [0.29, 0.717) is 17.5 Å². The van der Waals surface area contributed by atoms with Crippen molar-refractivity contribution in [3.05, 3.63) is 63.1 Å². The van der Waals surface area contributed by atoms with E-state index in [9.17, 15) is 22.8 Å². The molecule has 1 fully saturated rings. The van der Waals surface area contributed by atoms with E-state index < -0.39 is 22.9 Å². The third-order valence-electron chi connectivity index (χ3n) is 7.06. The van der Waals surface area contributed by atoms with Crippen molar-refractivity contribution in [1.29, 1.82) is 0 Å². The predicted octanol–water partition coefficient (Wildman–Crippen LogP) is 7.61. The largest absolute Gasteiger partial charge is 0.417 e.